The van der Waals surface area contributed by atoms with Crippen molar-refractivity contribution in [1.82, 2.24) is 4.90 Å². The second-order valence-electron chi connectivity index (χ2n) is 7.78. The second-order valence-corrected chi connectivity index (χ2v) is 7.78. The Hall–Kier alpha value is -2.89. The zero-order chi connectivity index (χ0) is 20.4. The van der Waals surface area contributed by atoms with Crippen molar-refractivity contribution in [3.8, 4) is 0 Å². The molecule has 1 aliphatic heterocycles. The summed E-state index contributed by atoms with van der Waals surface area (Å²) < 4.78 is 13.1. The Labute approximate surface area is 170 Å². The van der Waals surface area contributed by atoms with E-state index in [1.165, 1.54) is 17.7 Å². The summed E-state index contributed by atoms with van der Waals surface area (Å²) in [7, 11) is 0. The van der Waals surface area contributed by atoms with E-state index in [0.717, 1.165) is 17.8 Å². The van der Waals surface area contributed by atoms with Crippen LogP contribution in [0.2, 0.25) is 0 Å². The second kappa shape index (κ2) is 8.23. The minimum absolute atomic E-state index is 0.0717. The Morgan fingerprint density at radius 2 is 1.62 bits per heavy atom. The Bertz CT molecular complexity index is 874. The number of hydrogen-bond donors (Lipinski definition) is 1. The number of piperazine rings is 1. The molecule has 1 aliphatic carbocycles. The van der Waals surface area contributed by atoms with Crippen LogP contribution in [0.4, 0.5) is 15.8 Å². The maximum atomic E-state index is 13.1. The predicted molar refractivity (Wildman–Crippen MR) is 111 cm³/mol. The first-order valence-electron chi connectivity index (χ1n) is 10.2. The van der Waals surface area contributed by atoms with Crippen LogP contribution < -0.4 is 10.2 Å². The molecule has 0 bridgehead atoms. The number of amides is 2. The normalized spacial score (nSPS) is 21.0. The monoisotopic (exact) mass is 395 g/mol. The van der Waals surface area contributed by atoms with Crippen LogP contribution in [0.1, 0.15) is 18.9 Å². The molecule has 2 fully saturated rings. The molecule has 152 valence electrons. The van der Waals surface area contributed by atoms with Crippen molar-refractivity contribution in [1.29, 1.82) is 0 Å². The first-order chi connectivity index (χ1) is 14.0. The number of rotatable bonds is 5. The number of halogens is 1. The number of aryl methyl sites for hydroxylation is 1. The first kappa shape index (κ1) is 19.4. The van der Waals surface area contributed by atoms with Gasteiger partial charge in [0.25, 0.3) is 0 Å². The predicted octanol–water partition coefficient (Wildman–Crippen LogP) is 3.31. The van der Waals surface area contributed by atoms with E-state index < -0.39 is 0 Å². The summed E-state index contributed by atoms with van der Waals surface area (Å²) in [5.41, 5.74) is 2.97. The molecule has 2 aromatic rings. The van der Waals surface area contributed by atoms with E-state index in [1.54, 1.807) is 12.1 Å². The van der Waals surface area contributed by atoms with Gasteiger partial charge in [-0.15, -0.1) is 0 Å². The number of benzene rings is 2. The molecule has 1 N–H and O–H groups in total. The van der Waals surface area contributed by atoms with Crippen molar-refractivity contribution < 1.29 is 14.0 Å². The highest BCUT2D eigenvalue weighted by molar-refractivity contribution is 5.99. The zero-order valence-electron chi connectivity index (χ0n) is 16.6. The molecule has 0 spiro atoms. The van der Waals surface area contributed by atoms with Crippen LogP contribution in [0.3, 0.4) is 0 Å². The van der Waals surface area contributed by atoms with Crippen LogP contribution in [0.25, 0.3) is 0 Å². The largest absolute Gasteiger partial charge is 0.368 e. The van der Waals surface area contributed by atoms with Gasteiger partial charge in [0.2, 0.25) is 11.8 Å². The molecule has 2 atom stereocenters. The van der Waals surface area contributed by atoms with Crippen molar-refractivity contribution in [2.45, 2.75) is 19.8 Å². The highest BCUT2D eigenvalue weighted by Crippen LogP contribution is 2.41. The average Bonchev–Trinajstić information content (AvgIpc) is 3.56. The number of nitrogens with one attached hydrogen (secondary N) is 1. The highest BCUT2D eigenvalue weighted by Gasteiger charge is 2.49. The first-order valence-corrected chi connectivity index (χ1v) is 10.2. The number of nitrogens with zero attached hydrogens (tertiary/aromatic N) is 2. The molecule has 2 unspecified atom stereocenters. The summed E-state index contributed by atoms with van der Waals surface area (Å²) in [4.78, 5) is 29.3. The third kappa shape index (κ3) is 4.42. The SMILES string of the molecule is CCc1ccc(NC(=O)C2CC2C(=O)N2CCN(c3ccc(F)cc3)CC2)cc1. The van der Waals surface area contributed by atoms with Gasteiger partial charge in [-0.05, 0) is 54.8 Å². The lowest BCUT2D eigenvalue weighted by Gasteiger charge is -2.36. The van der Waals surface area contributed by atoms with Crippen LogP contribution in [-0.4, -0.2) is 42.9 Å². The summed E-state index contributed by atoms with van der Waals surface area (Å²) in [6, 6.07) is 14.3. The van der Waals surface area contributed by atoms with Crippen LogP contribution in [0, 0.1) is 17.7 Å². The minimum Gasteiger partial charge on any atom is -0.368 e. The van der Waals surface area contributed by atoms with Crippen LogP contribution in [-0.2, 0) is 16.0 Å². The van der Waals surface area contributed by atoms with Crippen LogP contribution >= 0.6 is 0 Å². The third-order valence-corrected chi connectivity index (χ3v) is 5.86. The van der Waals surface area contributed by atoms with Gasteiger partial charge in [-0.1, -0.05) is 19.1 Å². The van der Waals surface area contributed by atoms with E-state index in [-0.39, 0.29) is 29.5 Å². The van der Waals surface area contributed by atoms with E-state index in [9.17, 15) is 14.0 Å². The van der Waals surface area contributed by atoms with Gasteiger partial charge < -0.3 is 15.1 Å². The minimum atomic E-state index is -0.248. The van der Waals surface area contributed by atoms with Crippen molar-refractivity contribution >= 4 is 23.2 Å². The molecule has 6 heteroatoms. The fraction of sp³-hybridized carbons (Fsp3) is 0.391. The van der Waals surface area contributed by atoms with Crippen LogP contribution in [0.15, 0.2) is 48.5 Å². The van der Waals surface area contributed by atoms with Crippen LogP contribution in [0.5, 0.6) is 0 Å². The number of carbonyl (C=O) groups excluding carboxylic acids is 2. The molecule has 1 saturated heterocycles. The summed E-state index contributed by atoms with van der Waals surface area (Å²) in [5, 5.41) is 2.93. The van der Waals surface area contributed by atoms with E-state index in [1.807, 2.05) is 29.2 Å². The maximum Gasteiger partial charge on any atom is 0.228 e. The molecule has 2 amide bonds. The molecule has 0 radical (unpaired) electrons. The maximum absolute atomic E-state index is 13.1. The van der Waals surface area contributed by atoms with E-state index in [2.05, 4.69) is 17.1 Å². The molecule has 29 heavy (non-hydrogen) atoms. The summed E-state index contributed by atoms with van der Waals surface area (Å²) in [6.07, 6.45) is 1.58. The van der Waals surface area contributed by atoms with E-state index >= 15 is 0 Å². The lowest BCUT2D eigenvalue weighted by atomic mass is 10.1. The van der Waals surface area contributed by atoms with E-state index in [4.69, 9.17) is 0 Å². The standard InChI is InChI=1S/C23H26FN3O2/c1-2-16-3-7-18(8-4-16)25-22(28)20-15-21(20)23(29)27-13-11-26(12-14-27)19-9-5-17(24)6-10-19/h3-10,20-21H,2,11-15H2,1H3,(H,25,28). The van der Waals surface area contributed by atoms with Crippen molar-refractivity contribution in [3.05, 3.63) is 59.9 Å². The Morgan fingerprint density at radius 3 is 2.24 bits per heavy atom. The van der Waals surface area contributed by atoms with E-state index in [0.29, 0.717) is 32.6 Å². The molecule has 5 nitrogen and oxygen atoms in total. The van der Waals surface area contributed by atoms with Gasteiger partial charge in [-0.25, -0.2) is 4.39 Å². The molecule has 4 rings (SSSR count). The molecule has 1 saturated carbocycles. The fourth-order valence-electron chi connectivity index (χ4n) is 3.89. The van der Waals surface area contributed by atoms with Gasteiger partial charge in [0, 0.05) is 37.6 Å². The topological polar surface area (TPSA) is 52.7 Å². The molecule has 1 heterocycles. The Balaban J connectivity index is 1.26. The molecule has 2 aliphatic rings. The number of carbonyl (C=O) groups is 2. The molecule has 0 aromatic heterocycles. The number of hydrogen-bond acceptors (Lipinski definition) is 3. The molecule has 2 aromatic carbocycles. The lowest BCUT2D eigenvalue weighted by Crippen LogP contribution is -2.49. The Morgan fingerprint density at radius 1 is 0.966 bits per heavy atom. The van der Waals surface area contributed by atoms with Crippen molar-refractivity contribution in [2.75, 3.05) is 36.4 Å². The lowest BCUT2D eigenvalue weighted by molar-refractivity contribution is -0.134. The fourth-order valence-corrected chi connectivity index (χ4v) is 3.89. The highest BCUT2D eigenvalue weighted by atomic mass is 19.1. The summed E-state index contributed by atoms with van der Waals surface area (Å²) in [5.74, 6) is -0.685. The summed E-state index contributed by atoms with van der Waals surface area (Å²) in [6.45, 7) is 4.77. The average molecular weight is 395 g/mol. The molecular formula is C23H26FN3O2. The van der Waals surface area contributed by atoms with Crippen molar-refractivity contribution in [2.24, 2.45) is 11.8 Å². The number of anilines is 2. The van der Waals surface area contributed by atoms with Gasteiger partial charge in [0.15, 0.2) is 0 Å². The Kier molecular flexibility index (Phi) is 5.51. The van der Waals surface area contributed by atoms with Gasteiger partial charge in [0.1, 0.15) is 5.82 Å². The quantitative estimate of drug-likeness (QED) is 0.845. The van der Waals surface area contributed by atoms with Gasteiger partial charge in [-0.3, -0.25) is 9.59 Å². The van der Waals surface area contributed by atoms with Gasteiger partial charge in [0.05, 0.1) is 11.8 Å². The third-order valence-electron chi connectivity index (χ3n) is 5.86. The summed E-state index contributed by atoms with van der Waals surface area (Å²) >= 11 is 0. The van der Waals surface area contributed by atoms with Gasteiger partial charge >= 0.3 is 0 Å². The smallest absolute Gasteiger partial charge is 0.228 e. The zero-order valence-corrected chi connectivity index (χ0v) is 16.6. The van der Waals surface area contributed by atoms with Crippen molar-refractivity contribution in [3.63, 3.8) is 0 Å². The molecular weight excluding hydrogens is 369 g/mol. The van der Waals surface area contributed by atoms with Gasteiger partial charge in [-0.2, -0.15) is 0 Å².